The van der Waals surface area contributed by atoms with Gasteiger partial charge in [-0.1, -0.05) is 36.7 Å². The molecule has 5 nitrogen and oxygen atoms in total. The molecule has 1 N–H and O–H groups in total. The van der Waals surface area contributed by atoms with Gasteiger partial charge in [-0.15, -0.1) is 0 Å². The SMILES string of the molecule is COc1cc(Br)ccc1-c1nc(C(C)(C)C)c(C(=O)O)o1. The van der Waals surface area contributed by atoms with Crippen molar-refractivity contribution in [2.45, 2.75) is 26.2 Å². The second kappa shape index (κ2) is 5.52. The Kier molecular flexibility index (Phi) is 4.09. The maximum atomic E-state index is 11.3. The second-order valence-electron chi connectivity index (χ2n) is 5.60. The molecule has 21 heavy (non-hydrogen) atoms. The lowest BCUT2D eigenvalue weighted by molar-refractivity contribution is 0.0659. The van der Waals surface area contributed by atoms with E-state index in [0.29, 0.717) is 17.0 Å². The van der Waals surface area contributed by atoms with Crippen molar-refractivity contribution in [2.24, 2.45) is 0 Å². The zero-order valence-corrected chi connectivity index (χ0v) is 13.8. The summed E-state index contributed by atoms with van der Waals surface area (Å²) in [6.07, 6.45) is 0. The molecule has 0 spiro atoms. The lowest BCUT2D eigenvalue weighted by atomic mass is 9.91. The van der Waals surface area contributed by atoms with Crippen LogP contribution in [-0.4, -0.2) is 23.2 Å². The number of rotatable bonds is 3. The number of hydrogen-bond acceptors (Lipinski definition) is 4. The van der Waals surface area contributed by atoms with Crippen molar-refractivity contribution in [3.8, 4) is 17.2 Å². The average molecular weight is 354 g/mol. The quantitative estimate of drug-likeness (QED) is 0.898. The molecule has 0 amide bonds. The highest BCUT2D eigenvalue weighted by molar-refractivity contribution is 9.10. The highest BCUT2D eigenvalue weighted by Gasteiger charge is 2.29. The summed E-state index contributed by atoms with van der Waals surface area (Å²) in [5.74, 6) is -0.470. The van der Waals surface area contributed by atoms with E-state index in [0.717, 1.165) is 4.47 Å². The molecule has 2 rings (SSSR count). The molecule has 6 heteroatoms. The number of halogens is 1. The lowest BCUT2D eigenvalue weighted by Gasteiger charge is -2.14. The Balaban J connectivity index is 2.64. The van der Waals surface area contributed by atoms with Crippen LogP contribution in [0.3, 0.4) is 0 Å². The molecule has 0 saturated carbocycles. The first kappa shape index (κ1) is 15.6. The van der Waals surface area contributed by atoms with Gasteiger partial charge in [-0.2, -0.15) is 0 Å². The van der Waals surface area contributed by atoms with Crippen LogP contribution in [0.4, 0.5) is 0 Å². The van der Waals surface area contributed by atoms with Crippen molar-refractivity contribution < 1.29 is 19.1 Å². The maximum Gasteiger partial charge on any atom is 0.373 e. The third-order valence-electron chi connectivity index (χ3n) is 2.93. The van der Waals surface area contributed by atoms with Crippen LogP contribution in [-0.2, 0) is 5.41 Å². The zero-order chi connectivity index (χ0) is 15.8. The van der Waals surface area contributed by atoms with Crippen molar-refractivity contribution in [1.82, 2.24) is 4.98 Å². The standard InChI is InChI=1S/C15H16BrNO4/c1-15(2,3)12-11(14(18)19)21-13(17-12)9-6-5-8(16)7-10(9)20-4/h5-7H,1-4H3,(H,18,19). The van der Waals surface area contributed by atoms with Crippen LogP contribution in [0.2, 0.25) is 0 Å². The van der Waals surface area contributed by atoms with Crippen molar-refractivity contribution in [3.63, 3.8) is 0 Å². The number of nitrogens with zero attached hydrogens (tertiary/aromatic N) is 1. The number of aromatic nitrogens is 1. The van der Waals surface area contributed by atoms with E-state index in [2.05, 4.69) is 20.9 Å². The summed E-state index contributed by atoms with van der Waals surface area (Å²) in [4.78, 5) is 15.7. The Bertz CT molecular complexity index is 685. The molecule has 0 unspecified atom stereocenters. The summed E-state index contributed by atoms with van der Waals surface area (Å²) in [6.45, 7) is 5.67. The monoisotopic (exact) mass is 353 g/mol. The summed E-state index contributed by atoms with van der Waals surface area (Å²) < 4.78 is 11.6. The smallest absolute Gasteiger partial charge is 0.373 e. The molecular formula is C15H16BrNO4. The summed E-state index contributed by atoms with van der Waals surface area (Å²) in [6, 6.07) is 5.36. The average Bonchev–Trinajstić information content (AvgIpc) is 2.83. The summed E-state index contributed by atoms with van der Waals surface area (Å²) in [7, 11) is 1.54. The summed E-state index contributed by atoms with van der Waals surface area (Å²) >= 11 is 3.36. The highest BCUT2D eigenvalue weighted by Crippen LogP contribution is 2.35. The van der Waals surface area contributed by atoms with Gasteiger partial charge in [0, 0.05) is 9.89 Å². The van der Waals surface area contributed by atoms with Crippen molar-refractivity contribution in [2.75, 3.05) is 7.11 Å². The lowest BCUT2D eigenvalue weighted by Crippen LogP contribution is -2.16. The molecule has 2 aromatic rings. The molecule has 0 aliphatic rings. The number of carbonyl (C=O) groups is 1. The van der Waals surface area contributed by atoms with Gasteiger partial charge in [0.1, 0.15) is 11.4 Å². The van der Waals surface area contributed by atoms with Crippen molar-refractivity contribution >= 4 is 21.9 Å². The molecule has 0 bridgehead atoms. The predicted molar refractivity (Wildman–Crippen MR) is 81.9 cm³/mol. The highest BCUT2D eigenvalue weighted by atomic mass is 79.9. The molecule has 0 atom stereocenters. The number of benzene rings is 1. The number of carboxylic acid groups (broad SMARTS) is 1. The van der Waals surface area contributed by atoms with E-state index in [9.17, 15) is 9.90 Å². The Morgan fingerprint density at radius 3 is 2.52 bits per heavy atom. The molecule has 0 saturated heterocycles. The maximum absolute atomic E-state index is 11.3. The molecule has 112 valence electrons. The third kappa shape index (κ3) is 3.10. The molecule has 0 aliphatic heterocycles. The van der Waals surface area contributed by atoms with E-state index in [1.54, 1.807) is 12.1 Å². The third-order valence-corrected chi connectivity index (χ3v) is 3.42. The molecule has 1 aromatic heterocycles. The van der Waals surface area contributed by atoms with Gasteiger partial charge >= 0.3 is 5.97 Å². The van der Waals surface area contributed by atoms with Gasteiger partial charge in [0.25, 0.3) is 0 Å². The van der Waals surface area contributed by atoms with Gasteiger partial charge in [0.2, 0.25) is 11.7 Å². The molecule has 1 heterocycles. The van der Waals surface area contributed by atoms with Gasteiger partial charge in [-0.3, -0.25) is 0 Å². The normalized spacial score (nSPS) is 11.5. The fraction of sp³-hybridized carbons (Fsp3) is 0.333. The van der Waals surface area contributed by atoms with Crippen LogP contribution < -0.4 is 4.74 Å². The minimum absolute atomic E-state index is 0.137. The van der Waals surface area contributed by atoms with Crippen LogP contribution >= 0.6 is 15.9 Å². The van der Waals surface area contributed by atoms with E-state index in [-0.39, 0.29) is 11.7 Å². The number of aromatic carboxylic acids is 1. The van der Waals surface area contributed by atoms with E-state index < -0.39 is 11.4 Å². The number of carboxylic acids is 1. The summed E-state index contributed by atoms with van der Waals surface area (Å²) in [5.41, 5.74) is 0.589. The predicted octanol–water partition coefficient (Wildman–Crippen LogP) is 4.11. The van der Waals surface area contributed by atoms with Crippen LogP contribution in [0, 0.1) is 0 Å². The minimum Gasteiger partial charge on any atom is -0.496 e. The van der Waals surface area contributed by atoms with Gasteiger partial charge < -0.3 is 14.3 Å². The van der Waals surface area contributed by atoms with Gasteiger partial charge in [0.15, 0.2) is 0 Å². The Morgan fingerprint density at radius 1 is 1.38 bits per heavy atom. The first-order valence-corrected chi connectivity index (χ1v) is 7.12. The van der Waals surface area contributed by atoms with Crippen LogP contribution in [0.25, 0.3) is 11.5 Å². The number of oxazole rings is 1. The number of ether oxygens (including phenoxy) is 1. The van der Waals surface area contributed by atoms with Crippen molar-refractivity contribution in [3.05, 3.63) is 34.1 Å². The zero-order valence-electron chi connectivity index (χ0n) is 12.2. The van der Waals surface area contributed by atoms with E-state index in [1.807, 2.05) is 26.8 Å². The molecule has 0 aliphatic carbocycles. The van der Waals surface area contributed by atoms with Gasteiger partial charge in [-0.05, 0) is 18.2 Å². The Labute approximate surface area is 131 Å². The molecule has 0 radical (unpaired) electrons. The first-order chi connectivity index (χ1) is 9.74. The number of methoxy groups -OCH3 is 1. The first-order valence-electron chi connectivity index (χ1n) is 6.32. The van der Waals surface area contributed by atoms with Crippen LogP contribution in [0.5, 0.6) is 5.75 Å². The molecular weight excluding hydrogens is 338 g/mol. The minimum atomic E-state index is -1.13. The largest absolute Gasteiger partial charge is 0.496 e. The number of hydrogen-bond donors (Lipinski definition) is 1. The Morgan fingerprint density at radius 2 is 2.05 bits per heavy atom. The van der Waals surface area contributed by atoms with E-state index in [4.69, 9.17) is 9.15 Å². The molecule has 1 aromatic carbocycles. The van der Waals surface area contributed by atoms with Crippen molar-refractivity contribution in [1.29, 1.82) is 0 Å². The van der Waals surface area contributed by atoms with Gasteiger partial charge in [-0.25, -0.2) is 9.78 Å². The van der Waals surface area contributed by atoms with E-state index in [1.165, 1.54) is 7.11 Å². The molecule has 0 fully saturated rings. The topological polar surface area (TPSA) is 72.6 Å². The fourth-order valence-corrected chi connectivity index (χ4v) is 2.27. The van der Waals surface area contributed by atoms with E-state index >= 15 is 0 Å². The summed E-state index contributed by atoms with van der Waals surface area (Å²) in [5, 5.41) is 9.29. The fourth-order valence-electron chi connectivity index (χ4n) is 1.93. The van der Waals surface area contributed by atoms with Crippen LogP contribution in [0.15, 0.2) is 27.1 Å². The Hall–Kier alpha value is -1.82. The van der Waals surface area contributed by atoms with Crippen LogP contribution in [0.1, 0.15) is 37.0 Å². The van der Waals surface area contributed by atoms with Gasteiger partial charge in [0.05, 0.1) is 12.7 Å². The second-order valence-corrected chi connectivity index (χ2v) is 6.51.